The highest BCUT2D eigenvalue weighted by atomic mass is 32.2. The van der Waals surface area contributed by atoms with Crippen molar-refractivity contribution in [2.45, 2.75) is 38.0 Å². The van der Waals surface area contributed by atoms with Gasteiger partial charge in [0.2, 0.25) is 0 Å². The molecule has 0 bridgehead atoms. The smallest absolute Gasteiger partial charge is 0.144 e. The first-order valence-corrected chi connectivity index (χ1v) is 9.52. The first-order chi connectivity index (χ1) is 11.5. The van der Waals surface area contributed by atoms with Gasteiger partial charge in [-0.25, -0.2) is 0 Å². The molecule has 1 fully saturated rings. The van der Waals surface area contributed by atoms with Crippen LogP contribution in [0.5, 0.6) is 5.75 Å². The third kappa shape index (κ3) is 3.04. The molecule has 1 N–H and O–H groups in total. The van der Waals surface area contributed by atoms with Crippen LogP contribution in [0, 0.1) is 6.92 Å². The molecular formula is C19H24N2O2S. The van der Waals surface area contributed by atoms with E-state index in [2.05, 4.69) is 42.2 Å². The minimum absolute atomic E-state index is 0.0174. The van der Waals surface area contributed by atoms with E-state index in [4.69, 9.17) is 4.74 Å². The van der Waals surface area contributed by atoms with Gasteiger partial charge in [-0.2, -0.15) is 11.8 Å². The molecular weight excluding hydrogens is 320 g/mol. The minimum Gasteiger partial charge on any atom is -0.506 e. The molecule has 1 aromatic carbocycles. The predicted octanol–water partition coefficient (Wildman–Crippen LogP) is 4.05. The monoisotopic (exact) mass is 344 g/mol. The second-order valence-electron chi connectivity index (χ2n) is 6.29. The molecule has 3 atom stereocenters. The van der Waals surface area contributed by atoms with Gasteiger partial charge in [-0.15, -0.1) is 0 Å². The SMILES string of the molecule is CSCc1cnc(C)c(O)c1C1OC(c2ccccc2)C(C)N1C. The van der Waals surface area contributed by atoms with Gasteiger partial charge in [0.25, 0.3) is 0 Å². The van der Waals surface area contributed by atoms with Crippen LogP contribution < -0.4 is 0 Å². The van der Waals surface area contributed by atoms with Crippen LogP contribution in [0.2, 0.25) is 0 Å². The molecule has 4 nitrogen and oxygen atoms in total. The maximum Gasteiger partial charge on any atom is 0.144 e. The van der Waals surface area contributed by atoms with Crippen molar-refractivity contribution in [2.75, 3.05) is 13.3 Å². The Kier molecular flexibility index (Phi) is 5.13. The number of aryl methyl sites for hydroxylation is 1. The maximum absolute atomic E-state index is 10.6. The van der Waals surface area contributed by atoms with E-state index in [0.717, 1.165) is 22.4 Å². The summed E-state index contributed by atoms with van der Waals surface area (Å²) in [6.45, 7) is 3.99. The number of rotatable bonds is 4. The van der Waals surface area contributed by atoms with Crippen molar-refractivity contribution in [1.82, 2.24) is 9.88 Å². The van der Waals surface area contributed by atoms with Gasteiger partial charge in [0.1, 0.15) is 18.1 Å². The van der Waals surface area contributed by atoms with Crippen LogP contribution in [0.4, 0.5) is 0 Å². The number of likely N-dealkylation sites (N-methyl/N-ethyl adjacent to an activating group) is 1. The number of aromatic nitrogens is 1. The van der Waals surface area contributed by atoms with E-state index in [-0.39, 0.29) is 24.1 Å². The summed E-state index contributed by atoms with van der Waals surface area (Å²) in [4.78, 5) is 6.50. The van der Waals surface area contributed by atoms with E-state index in [1.807, 2.05) is 31.3 Å². The summed E-state index contributed by atoms with van der Waals surface area (Å²) in [7, 11) is 2.05. The third-order valence-electron chi connectivity index (χ3n) is 4.76. The predicted molar refractivity (Wildman–Crippen MR) is 98.1 cm³/mol. The molecule has 5 heteroatoms. The highest BCUT2D eigenvalue weighted by molar-refractivity contribution is 7.97. The Bertz CT molecular complexity index is 708. The largest absolute Gasteiger partial charge is 0.506 e. The summed E-state index contributed by atoms with van der Waals surface area (Å²) in [5.41, 5.74) is 3.69. The zero-order valence-electron chi connectivity index (χ0n) is 14.6. The summed E-state index contributed by atoms with van der Waals surface area (Å²) in [6.07, 6.45) is 3.62. The van der Waals surface area contributed by atoms with E-state index in [9.17, 15) is 5.11 Å². The Morgan fingerprint density at radius 1 is 1.29 bits per heavy atom. The Balaban J connectivity index is 2.00. The molecule has 3 unspecified atom stereocenters. The number of nitrogens with zero attached hydrogens (tertiary/aromatic N) is 2. The number of hydrogen-bond donors (Lipinski definition) is 1. The molecule has 2 heterocycles. The molecule has 1 aliphatic heterocycles. The number of hydrogen-bond acceptors (Lipinski definition) is 5. The standard InChI is InChI=1S/C19H24N2O2S/c1-12-17(22)16(15(10-20-12)11-24-4)19-21(3)13(2)18(23-19)14-8-6-5-7-9-14/h5-10,13,18-19,22H,11H2,1-4H3. The topological polar surface area (TPSA) is 45.6 Å². The van der Waals surface area contributed by atoms with Gasteiger partial charge in [-0.05, 0) is 38.3 Å². The van der Waals surface area contributed by atoms with Crippen LogP contribution in [0.15, 0.2) is 36.5 Å². The zero-order chi connectivity index (χ0) is 17.3. The second kappa shape index (κ2) is 7.13. The van der Waals surface area contributed by atoms with Crippen molar-refractivity contribution in [3.8, 4) is 5.75 Å². The molecule has 1 aromatic heterocycles. The van der Waals surface area contributed by atoms with Crippen LogP contribution in [-0.4, -0.2) is 34.3 Å². The second-order valence-corrected chi connectivity index (χ2v) is 7.16. The lowest BCUT2D eigenvalue weighted by Crippen LogP contribution is -2.27. The summed E-state index contributed by atoms with van der Waals surface area (Å²) < 4.78 is 6.41. The Labute approximate surface area is 147 Å². The molecule has 128 valence electrons. The molecule has 0 saturated carbocycles. The average Bonchev–Trinajstić information content (AvgIpc) is 2.88. The Morgan fingerprint density at radius 3 is 2.67 bits per heavy atom. The van der Waals surface area contributed by atoms with Gasteiger partial charge < -0.3 is 9.84 Å². The molecule has 0 radical (unpaired) electrons. The first-order valence-electron chi connectivity index (χ1n) is 8.13. The van der Waals surface area contributed by atoms with Crippen LogP contribution in [-0.2, 0) is 10.5 Å². The molecule has 0 amide bonds. The maximum atomic E-state index is 10.6. The highest BCUT2D eigenvalue weighted by Crippen LogP contribution is 2.45. The lowest BCUT2D eigenvalue weighted by molar-refractivity contribution is 0.00358. The van der Waals surface area contributed by atoms with Crippen molar-refractivity contribution < 1.29 is 9.84 Å². The van der Waals surface area contributed by atoms with Crippen LogP contribution >= 0.6 is 11.8 Å². The number of thioether (sulfide) groups is 1. The normalized spacial score (nSPS) is 24.4. The molecule has 24 heavy (non-hydrogen) atoms. The molecule has 1 saturated heterocycles. The number of pyridine rings is 1. The van der Waals surface area contributed by atoms with Gasteiger partial charge in [0.05, 0.1) is 5.69 Å². The van der Waals surface area contributed by atoms with E-state index < -0.39 is 0 Å². The van der Waals surface area contributed by atoms with Crippen molar-refractivity contribution in [1.29, 1.82) is 0 Å². The van der Waals surface area contributed by atoms with Crippen molar-refractivity contribution in [3.05, 3.63) is 58.9 Å². The highest BCUT2D eigenvalue weighted by Gasteiger charge is 2.41. The molecule has 0 spiro atoms. The van der Waals surface area contributed by atoms with Gasteiger partial charge in [0.15, 0.2) is 0 Å². The summed E-state index contributed by atoms with van der Waals surface area (Å²) in [5, 5.41) is 10.6. The van der Waals surface area contributed by atoms with Gasteiger partial charge in [-0.3, -0.25) is 9.88 Å². The number of benzene rings is 1. The fourth-order valence-electron chi connectivity index (χ4n) is 3.25. The van der Waals surface area contributed by atoms with Crippen LogP contribution in [0.3, 0.4) is 0 Å². The first kappa shape index (κ1) is 17.3. The summed E-state index contributed by atoms with van der Waals surface area (Å²) in [5.74, 6) is 1.05. The third-order valence-corrected chi connectivity index (χ3v) is 5.36. The van der Waals surface area contributed by atoms with Crippen molar-refractivity contribution >= 4 is 11.8 Å². The van der Waals surface area contributed by atoms with Gasteiger partial charge >= 0.3 is 0 Å². The number of aromatic hydroxyl groups is 1. The quantitative estimate of drug-likeness (QED) is 0.906. The molecule has 0 aliphatic carbocycles. The Morgan fingerprint density at radius 2 is 2.00 bits per heavy atom. The molecule has 1 aliphatic rings. The van der Waals surface area contributed by atoms with Crippen molar-refractivity contribution in [2.24, 2.45) is 0 Å². The minimum atomic E-state index is -0.269. The van der Waals surface area contributed by atoms with E-state index in [1.54, 1.807) is 11.8 Å². The average molecular weight is 344 g/mol. The fraction of sp³-hybridized carbons (Fsp3) is 0.421. The van der Waals surface area contributed by atoms with Crippen molar-refractivity contribution in [3.63, 3.8) is 0 Å². The van der Waals surface area contributed by atoms with Crippen LogP contribution in [0.25, 0.3) is 0 Å². The fourth-order valence-corrected chi connectivity index (χ4v) is 3.79. The van der Waals surface area contributed by atoms with E-state index in [1.165, 1.54) is 0 Å². The Hall–Kier alpha value is -1.56. The lowest BCUT2D eigenvalue weighted by Gasteiger charge is -2.24. The number of ether oxygens (including phenoxy) is 1. The molecule has 2 aromatic rings. The van der Waals surface area contributed by atoms with E-state index in [0.29, 0.717) is 5.69 Å². The van der Waals surface area contributed by atoms with Gasteiger partial charge in [-0.1, -0.05) is 30.3 Å². The summed E-state index contributed by atoms with van der Waals surface area (Å²) in [6, 6.07) is 10.5. The molecule has 3 rings (SSSR count). The van der Waals surface area contributed by atoms with Crippen LogP contribution in [0.1, 0.15) is 41.6 Å². The lowest BCUT2D eigenvalue weighted by atomic mass is 10.0. The zero-order valence-corrected chi connectivity index (χ0v) is 15.4. The van der Waals surface area contributed by atoms with E-state index >= 15 is 0 Å². The van der Waals surface area contributed by atoms with Gasteiger partial charge in [0, 0.05) is 23.6 Å². The summed E-state index contributed by atoms with van der Waals surface area (Å²) >= 11 is 1.72.